The van der Waals surface area contributed by atoms with Gasteiger partial charge in [0.05, 0.1) is 10.6 Å². The Bertz CT molecular complexity index is 974. The minimum atomic E-state index is -3.70. The zero-order chi connectivity index (χ0) is 21.6. The van der Waals surface area contributed by atoms with E-state index < -0.39 is 10.0 Å². The molecule has 31 heavy (non-hydrogen) atoms. The summed E-state index contributed by atoms with van der Waals surface area (Å²) >= 11 is 0. The van der Waals surface area contributed by atoms with Crippen molar-refractivity contribution < 1.29 is 57.3 Å². The van der Waals surface area contributed by atoms with E-state index in [2.05, 4.69) is 10.0 Å². The van der Waals surface area contributed by atoms with Gasteiger partial charge in [0.15, 0.2) is 0 Å². The summed E-state index contributed by atoms with van der Waals surface area (Å²) in [5.41, 5.74) is 9.82. The maximum Gasteiger partial charge on any atom is 0.261 e. The SMILES string of the molecule is Cc1ccc(NS(=O)(=O)c2ccccc2)cc1NC(=O)C1CCCC([NH-])CSSC1.[Ac]. The van der Waals surface area contributed by atoms with Crippen LogP contribution < -0.4 is 10.0 Å². The Morgan fingerprint density at radius 2 is 1.77 bits per heavy atom. The molecule has 2 aromatic carbocycles. The van der Waals surface area contributed by atoms with E-state index in [1.165, 1.54) is 12.1 Å². The number of carbonyl (C=O) groups is 1. The van der Waals surface area contributed by atoms with Crippen LogP contribution in [0.15, 0.2) is 53.4 Å². The zero-order valence-corrected chi connectivity index (χ0v) is 24.5. The molecule has 1 heterocycles. The molecular weight excluding hydrogens is 665 g/mol. The van der Waals surface area contributed by atoms with Gasteiger partial charge in [-0.15, -0.1) is 6.04 Å². The van der Waals surface area contributed by atoms with E-state index in [1.54, 1.807) is 58.0 Å². The third-order valence-electron chi connectivity index (χ3n) is 4.90. The van der Waals surface area contributed by atoms with Crippen LogP contribution in [0.25, 0.3) is 5.73 Å². The molecule has 0 aromatic heterocycles. The average molecular weight is 692 g/mol. The molecule has 2 aromatic rings. The molecule has 2 unspecified atom stereocenters. The molecular formula is C21H26AcN3O3S3-. The van der Waals surface area contributed by atoms with Crippen molar-refractivity contribution in [3.05, 3.63) is 59.8 Å². The fourth-order valence-electron chi connectivity index (χ4n) is 3.11. The Morgan fingerprint density at radius 1 is 1.06 bits per heavy atom. The third kappa shape index (κ3) is 8.24. The van der Waals surface area contributed by atoms with Crippen LogP contribution >= 0.6 is 21.6 Å². The number of benzene rings is 2. The summed E-state index contributed by atoms with van der Waals surface area (Å²) in [6.45, 7) is 1.88. The summed E-state index contributed by atoms with van der Waals surface area (Å²) in [5, 5.41) is 2.98. The minimum absolute atomic E-state index is 0. The first-order valence-electron chi connectivity index (χ1n) is 9.80. The Balaban J connectivity index is 0.00000341. The number of amides is 1. The zero-order valence-electron chi connectivity index (χ0n) is 17.3. The summed E-state index contributed by atoms with van der Waals surface area (Å²) in [6.07, 6.45) is 2.44. The number of anilines is 2. The number of nitrogens with one attached hydrogen (secondary N) is 3. The average Bonchev–Trinajstić information content (AvgIpc) is 2.83. The first-order chi connectivity index (χ1) is 14.3. The van der Waals surface area contributed by atoms with Gasteiger partial charge in [0.25, 0.3) is 10.0 Å². The van der Waals surface area contributed by atoms with Crippen molar-refractivity contribution in [1.82, 2.24) is 0 Å². The predicted octanol–water partition coefficient (Wildman–Crippen LogP) is 5.34. The monoisotopic (exact) mass is 691 g/mol. The smallest absolute Gasteiger partial charge is 0.261 e. The Kier molecular flexibility index (Phi) is 11.2. The van der Waals surface area contributed by atoms with Crippen LogP contribution in [0.5, 0.6) is 0 Å². The van der Waals surface area contributed by atoms with E-state index in [0.29, 0.717) is 17.1 Å². The molecule has 0 saturated carbocycles. The van der Waals surface area contributed by atoms with Gasteiger partial charge in [0.2, 0.25) is 5.91 Å². The van der Waals surface area contributed by atoms with E-state index in [1.807, 2.05) is 6.92 Å². The first-order valence-corrected chi connectivity index (χ1v) is 13.8. The molecule has 10 heteroatoms. The van der Waals surface area contributed by atoms with Crippen LogP contribution in [-0.4, -0.2) is 31.9 Å². The van der Waals surface area contributed by atoms with Crippen molar-refractivity contribution >= 4 is 48.9 Å². The second kappa shape index (κ2) is 12.9. The van der Waals surface area contributed by atoms with E-state index in [4.69, 9.17) is 5.73 Å². The van der Waals surface area contributed by atoms with Crippen LogP contribution in [0.1, 0.15) is 24.8 Å². The second-order valence-electron chi connectivity index (χ2n) is 7.33. The molecule has 1 aliphatic rings. The summed E-state index contributed by atoms with van der Waals surface area (Å²) in [6, 6.07) is 13.2. The number of aryl methyl sites for hydroxylation is 1. The minimum Gasteiger partial charge on any atom is -0.674 e. The number of carbonyl (C=O) groups excluding carboxylic acids is 1. The van der Waals surface area contributed by atoms with Gasteiger partial charge >= 0.3 is 0 Å². The number of hydrogen-bond acceptors (Lipinski definition) is 5. The Hall–Kier alpha value is -0.238. The molecule has 3 rings (SSSR count). The summed E-state index contributed by atoms with van der Waals surface area (Å²) in [5.74, 6) is 1.32. The van der Waals surface area contributed by atoms with Crippen molar-refractivity contribution in [1.29, 1.82) is 0 Å². The van der Waals surface area contributed by atoms with Gasteiger partial charge in [-0.25, -0.2) is 8.42 Å². The van der Waals surface area contributed by atoms with Gasteiger partial charge in [-0.2, -0.15) is 0 Å². The van der Waals surface area contributed by atoms with Crippen LogP contribution in [0.4, 0.5) is 11.4 Å². The fourth-order valence-corrected chi connectivity index (χ4v) is 6.75. The molecule has 1 fully saturated rings. The predicted molar refractivity (Wildman–Crippen MR) is 127 cm³/mol. The molecule has 1 amide bonds. The van der Waals surface area contributed by atoms with Crippen molar-refractivity contribution in [3.8, 4) is 0 Å². The Morgan fingerprint density at radius 3 is 2.52 bits per heavy atom. The van der Waals surface area contributed by atoms with Crippen LogP contribution in [0, 0.1) is 56.9 Å². The number of sulfonamides is 1. The van der Waals surface area contributed by atoms with Crippen LogP contribution in [-0.2, 0) is 14.8 Å². The fraction of sp³-hybridized carbons (Fsp3) is 0.381. The molecule has 1 saturated heterocycles. The van der Waals surface area contributed by atoms with E-state index in [9.17, 15) is 13.2 Å². The molecule has 3 N–H and O–H groups in total. The summed E-state index contributed by atoms with van der Waals surface area (Å²) < 4.78 is 27.7. The number of rotatable bonds is 5. The topological polar surface area (TPSA) is 99.1 Å². The van der Waals surface area contributed by atoms with Gasteiger partial charge < -0.3 is 11.1 Å². The van der Waals surface area contributed by atoms with E-state index in [-0.39, 0.29) is 66.8 Å². The van der Waals surface area contributed by atoms with Crippen molar-refractivity contribution in [2.45, 2.75) is 37.1 Å². The van der Waals surface area contributed by atoms with Gasteiger partial charge in [-0.1, -0.05) is 58.7 Å². The first kappa shape index (κ1) is 27.0. The molecule has 0 aliphatic carbocycles. The molecule has 0 spiro atoms. The van der Waals surface area contributed by atoms with Gasteiger partial charge in [-0.05, 0) is 48.9 Å². The maximum atomic E-state index is 12.9. The molecule has 1 aliphatic heterocycles. The van der Waals surface area contributed by atoms with Gasteiger partial charge in [0, 0.05) is 61.4 Å². The normalized spacial score (nSPS) is 19.8. The molecule has 1 radical (unpaired) electrons. The second-order valence-corrected chi connectivity index (χ2v) is 11.6. The maximum absolute atomic E-state index is 12.9. The molecule has 0 bridgehead atoms. The Labute approximate surface area is 228 Å². The molecule has 6 nitrogen and oxygen atoms in total. The summed E-state index contributed by atoms with van der Waals surface area (Å²) in [4.78, 5) is 13.1. The van der Waals surface area contributed by atoms with Gasteiger partial charge in [0.1, 0.15) is 0 Å². The van der Waals surface area contributed by atoms with Crippen LogP contribution in [0.3, 0.4) is 0 Å². The van der Waals surface area contributed by atoms with E-state index >= 15 is 0 Å². The quantitative estimate of drug-likeness (QED) is 0.413. The number of hydrogen-bond donors (Lipinski definition) is 2. The van der Waals surface area contributed by atoms with Crippen molar-refractivity contribution in [3.63, 3.8) is 0 Å². The summed E-state index contributed by atoms with van der Waals surface area (Å²) in [7, 11) is -0.386. The van der Waals surface area contributed by atoms with Gasteiger partial charge in [-0.3, -0.25) is 9.52 Å². The van der Waals surface area contributed by atoms with Crippen LogP contribution in [0.2, 0.25) is 0 Å². The molecule has 2 atom stereocenters. The van der Waals surface area contributed by atoms with Crippen molar-refractivity contribution in [2.24, 2.45) is 5.92 Å². The largest absolute Gasteiger partial charge is 0.674 e. The molecule has 165 valence electrons. The third-order valence-corrected chi connectivity index (χ3v) is 8.86. The van der Waals surface area contributed by atoms with E-state index in [0.717, 1.165) is 30.6 Å². The standard InChI is InChI=1S/C21H26N3O3S3.Ac/c1-15-10-11-18(24-30(26,27)19-8-3-2-4-9-19)12-20(15)23-21(25)16-6-5-7-17(22)14-29-28-13-16;/h2-4,8-12,16-17,22,24H,5-7,13-14H2,1H3,(H,23,25);/q-1;. The van der Waals surface area contributed by atoms with Crippen molar-refractivity contribution in [2.75, 3.05) is 21.5 Å².